The Morgan fingerprint density at radius 2 is 1.81 bits per heavy atom. The van der Waals surface area contributed by atoms with Crippen LogP contribution in [0.15, 0.2) is 59.9 Å². The Morgan fingerprint density at radius 1 is 1.08 bits per heavy atom. The summed E-state index contributed by atoms with van der Waals surface area (Å²) in [6, 6.07) is 6.35. The van der Waals surface area contributed by atoms with Crippen LogP contribution in [0.25, 0.3) is 11.3 Å². The molecule has 1 aliphatic heterocycles. The van der Waals surface area contributed by atoms with Crippen molar-refractivity contribution < 1.29 is 35.2 Å². The monoisotopic (exact) mass is 541 g/mol. The first-order valence-electron chi connectivity index (χ1n) is 10.9. The number of benzene rings is 1. The zero-order chi connectivity index (χ0) is 26.8. The minimum atomic E-state index is -4.58. The molecular weight excluding hydrogens is 521 g/mol. The van der Waals surface area contributed by atoms with Crippen LogP contribution < -0.4 is 5.32 Å². The van der Waals surface area contributed by atoms with Gasteiger partial charge in [-0.1, -0.05) is 0 Å². The maximum Gasteiger partial charge on any atom is 0.433 e. The van der Waals surface area contributed by atoms with Gasteiger partial charge in [-0.25, -0.2) is 22.8 Å². The Labute approximate surface area is 208 Å². The van der Waals surface area contributed by atoms with Crippen LogP contribution in [0.4, 0.5) is 22.0 Å². The number of halogens is 5. The van der Waals surface area contributed by atoms with E-state index in [1.54, 1.807) is 0 Å². The molecule has 1 saturated heterocycles. The van der Waals surface area contributed by atoms with Gasteiger partial charge < -0.3 is 5.32 Å². The highest BCUT2D eigenvalue weighted by Gasteiger charge is 2.43. The molecule has 3 aromatic rings. The number of pyridine rings is 1. The first kappa shape index (κ1) is 26.5. The quantitative estimate of drug-likeness (QED) is 0.460. The van der Waals surface area contributed by atoms with Gasteiger partial charge in [-0.2, -0.15) is 17.5 Å². The van der Waals surface area contributed by atoms with E-state index in [-0.39, 0.29) is 30.1 Å². The van der Waals surface area contributed by atoms with Crippen molar-refractivity contribution in [3.63, 3.8) is 0 Å². The highest BCUT2D eigenvalue weighted by molar-refractivity contribution is 7.89. The van der Waals surface area contributed by atoms with Crippen molar-refractivity contribution >= 4 is 15.9 Å². The summed E-state index contributed by atoms with van der Waals surface area (Å²) < 4.78 is 92.0. The average molecular weight is 542 g/mol. The normalized spacial score (nSPS) is 18.6. The third-order valence-corrected chi connectivity index (χ3v) is 7.69. The highest BCUT2D eigenvalue weighted by atomic mass is 32.2. The Balaban J connectivity index is 1.48. The number of carbonyl (C=O) groups is 1. The van der Waals surface area contributed by atoms with E-state index in [0.717, 1.165) is 47.2 Å². The summed E-state index contributed by atoms with van der Waals surface area (Å²) >= 11 is 0. The van der Waals surface area contributed by atoms with Crippen LogP contribution in [-0.4, -0.2) is 52.8 Å². The van der Waals surface area contributed by atoms with Gasteiger partial charge in [0.05, 0.1) is 29.5 Å². The van der Waals surface area contributed by atoms with Gasteiger partial charge in [-0.15, -0.1) is 0 Å². The number of carbonyl (C=O) groups excluding carboxylic acids is 1. The fourth-order valence-electron chi connectivity index (χ4n) is 3.91. The van der Waals surface area contributed by atoms with E-state index in [4.69, 9.17) is 0 Å². The summed E-state index contributed by atoms with van der Waals surface area (Å²) in [6.07, 6.45) is -2.45. The SMILES string of the molecule is O=C(NCc1cc(-c2ccc(C(F)(F)F)nc2)ncn1)C1CC(CF)CN1S(=O)(=O)c1ccc(F)cc1. The van der Waals surface area contributed by atoms with E-state index < -0.39 is 52.3 Å². The molecule has 1 aliphatic rings. The van der Waals surface area contributed by atoms with Gasteiger partial charge in [-0.3, -0.25) is 14.2 Å². The number of sulfonamides is 1. The molecule has 0 spiro atoms. The Bertz CT molecular complexity index is 1370. The third-order valence-electron chi connectivity index (χ3n) is 5.80. The second kappa shape index (κ2) is 10.5. The molecule has 4 rings (SSSR count). The van der Waals surface area contributed by atoms with Gasteiger partial charge in [0.15, 0.2) is 0 Å². The largest absolute Gasteiger partial charge is 0.433 e. The summed E-state index contributed by atoms with van der Waals surface area (Å²) in [5, 5.41) is 2.57. The van der Waals surface area contributed by atoms with Crippen LogP contribution in [0.1, 0.15) is 17.8 Å². The van der Waals surface area contributed by atoms with E-state index in [2.05, 4.69) is 20.3 Å². The van der Waals surface area contributed by atoms with Crippen LogP contribution in [-0.2, 0) is 27.5 Å². The lowest BCUT2D eigenvalue weighted by Gasteiger charge is -2.23. The summed E-state index contributed by atoms with van der Waals surface area (Å²) in [5.74, 6) is -2.01. The minimum Gasteiger partial charge on any atom is -0.349 e. The van der Waals surface area contributed by atoms with Crippen molar-refractivity contribution in [1.82, 2.24) is 24.6 Å². The molecule has 8 nitrogen and oxygen atoms in total. The lowest BCUT2D eigenvalue weighted by atomic mass is 10.1. The maximum atomic E-state index is 13.4. The molecule has 2 unspecified atom stereocenters. The standard InChI is InChI=1S/C23H20F5N5O3S/c24-9-14-7-20(33(12-14)37(35,36)18-4-2-16(25)3-5-18)22(34)30-11-17-8-19(32-13-31-17)15-1-6-21(29-10-15)23(26,27)28/h1-6,8,10,13-14,20H,7,9,11-12H2,(H,30,34). The Morgan fingerprint density at radius 3 is 2.43 bits per heavy atom. The summed E-state index contributed by atoms with van der Waals surface area (Å²) in [5.41, 5.74) is -0.201. The number of aromatic nitrogens is 3. The lowest BCUT2D eigenvalue weighted by molar-refractivity contribution is -0.141. The van der Waals surface area contributed by atoms with Gasteiger partial charge in [0.25, 0.3) is 0 Å². The van der Waals surface area contributed by atoms with Crippen molar-refractivity contribution in [3.8, 4) is 11.3 Å². The Kier molecular flexibility index (Phi) is 7.50. The maximum absolute atomic E-state index is 13.4. The van der Waals surface area contributed by atoms with Crippen molar-refractivity contribution in [2.45, 2.75) is 30.1 Å². The Hall–Kier alpha value is -3.52. The molecule has 37 heavy (non-hydrogen) atoms. The number of rotatable bonds is 7. The van der Waals surface area contributed by atoms with Crippen molar-refractivity contribution in [1.29, 1.82) is 0 Å². The minimum absolute atomic E-state index is 0.0466. The van der Waals surface area contributed by atoms with Gasteiger partial charge in [-0.05, 0) is 48.9 Å². The molecule has 0 saturated carbocycles. The lowest BCUT2D eigenvalue weighted by Crippen LogP contribution is -2.45. The number of nitrogens with one attached hydrogen (secondary N) is 1. The molecule has 1 N–H and O–H groups in total. The zero-order valence-corrected chi connectivity index (χ0v) is 19.8. The fraction of sp³-hybridized carbons (Fsp3) is 0.304. The van der Waals surface area contributed by atoms with Gasteiger partial charge in [0.1, 0.15) is 23.9 Å². The van der Waals surface area contributed by atoms with E-state index >= 15 is 0 Å². The predicted octanol–water partition coefficient (Wildman–Crippen LogP) is 3.36. The average Bonchev–Trinajstić information content (AvgIpc) is 3.33. The molecule has 1 amide bonds. The van der Waals surface area contributed by atoms with E-state index in [0.29, 0.717) is 11.3 Å². The van der Waals surface area contributed by atoms with Gasteiger partial charge in [0, 0.05) is 24.2 Å². The predicted molar refractivity (Wildman–Crippen MR) is 120 cm³/mol. The summed E-state index contributed by atoms with van der Waals surface area (Å²) in [6.45, 7) is -1.19. The summed E-state index contributed by atoms with van der Waals surface area (Å²) in [7, 11) is -4.21. The molecule has 0 radical (unpaired) electrons. The smallest absolute Gasteiger partial charge is 0.349 e. The first-order chi connectivity index (χ1) is 17.5. The molecule has 1 aromatic carbocycles. The topological polar surface area (TPSA) is 105 Å². The van der Waals surface area contributed by atoms with Crippen LogP contribution >= 0.6 is 0 Å². The zero-order valence-electron chi connectivity index (χ0n) is 19.0. The van der Waals surface area contributed by atoms with Crippen molar-refractivity contribution in [2.75, 3.05) is 13.2 Å². The molecule has 3 heterocycles. The number of amides is 1. The molecule has 2 aromatic heterocycles. The number of hydrogen-bond donors (Lipinski definition) is 1. The number of hydrogen-bond acceptors (Lipinski definition) is 6. The molecule has 1 fully saturated rings. The van der Waals surface area contributed by atoms with Crippen LogP contribution in [0.5, 0.6) is 0 Å². The van der Waals surface area contributed by atoms with Crippen molar-refractivity contribution in [3.05, 3.63) is 72.2 Å². The van der Waals surface area contributed by atoms with E-state index in [9.17, 15) is 35.2 Å². The third kappa shape index (κ3) is 5.91. The molecule has 0 aliphatic carbocycles. The van der Waals surface area contributed by atoms with Crippen LogP contribution in [0.2, 0.25) is 0 Å². The fourth-order valence-corrected chi connectivity index (χ4v) is 5.58. The summed E-state index contributed by atoms with van der Waals surface area (Å²) in [4.78, 5) is 24.1. The van der Waals surface area contributed by atoms with Crippen LogP contribution in [0, 0.1) is 11.7 Å². The highest BCUT2D eigenvalue weighted by Crippen LogP contribution is 2.31. The first-order valence-corrected chi connectivity index (χ1v) is 12.4. The van der Waals surface area contributed by atoms with Gasteiger partial charge >= 0.3 is 6.18 Å². The molecule has 2 atom stereocenters. The molecule has 196 valence electrons. The van der Waals surface area contributed by atoms with Crippen LogP contribution in [0.3, 0.4) is 0 Å². The molecular formula is C23H20F5N5O3S. The number of alkyl halides is 4. The number of nitrogens with zero attached hydrogens (tertiary/aromatic N) is 4. The van der Waals surface area contributed by atoms with Gasteiger partial charge in [0.2, 0.25) is 15.9 Å². The molecule has 14 heteroatoms. The molecule has 0 bridgehead atoms. The van der Waals surface area contributed by atoms with E-state index in [1.165, 1.54) is 12.1 Å². The van der Waals surface area contributed by atoms with E-state index in [1.807, 2.05) is 0 Å². The second-order valence-corrected chi connectivity index (χ2v) is 10.2. The second-order valence-electron chi connectivity index (χ2n) is 8.34. The van der Waals surface area contributed by atoms with Crippen molar-refractivity contribution in [2.24, 2.45) is 5.92 Å².